The molecule has 1 aliphatic rings. The van der Waals surface area contributed by atoms with Crippen molar-refractivity contribution in [3.05, 3.63) is 65.0 Å². The molecule has 1 fully saturated rings. The molecule has 118 valence electrons. The average molecular weight is 310 g/mol. The highest BCUT2D eigenvalue weighted by Crippen LogP contribution is 2.36. The van der Waals surface area contributed by atoms with E-state index >= 15 is 0 Å². The third kappa shape index (κ3) is 3.23. The molecule has 1 heterocycles. The Labute approximate surface area is 134 Å². The Morgan fingerprint density at radius 1 is 1.13 bits per heavy atom. The van der Waals surface area contributed by atoms with Gasteiger partial charge < -0.3 is 10.4 Å². The summed E-state index contributed by atoms with van der Waals surface area (Å²) in [5.74, 6) is -0.793. The molecule has 23 heavy (non-hydrogen) atoms. The summed E-state index contributed by atoms with van der Waals surface area (Å²) < 4.78 is 0. The molecule has 0 aliphatic heterocycles. The number of carboxylic acids is 1. The van der Waals surface area contributed by atoms with Gasteiger partial charge in [-0.2, -0.15) is 0 Å². The van der Waals surface area contributed by atoms with Crippen molar-refractivity contribution in [2.45, 2.75) is 31.7 Å². The molecule has 0 atom stereocenters. The zero-order valence-corrected chi connectivity index (χ0v) is 12.8. The van der Waals surface area contributed by atoms with Crippen LogP contribution in [0.3, 0.4) is 0 Å². The molecule has 1 aliphatic carbocycles. The number of pyridine rings is 1. The molecule has 5 heteroatoms. The molecule has 0 spiro atoms. The number of carbonyl (C=O) groups excluding carboxylic acids is 1. The molecule has 1 aromatic carbocycles. The minimum Gasteiger partial charge on any atom is -0.478 e. The molecule has 5 nitrogen and oxygen atoms in total. The standard InChI is InChI=1S/C18H18N2O3/c1-11-15(18(22)23)7-8-16(19-11)17(21)20-14-9-13(10-14)12-5-3-2-4-6-12/h2-8,13-14H,9-10H2,1H3,(H,20,21)(H,22,23). The lowest BCUT2D eigenvalue weighted by atomic mass is 9.76. The Hall–Kier alpha value is -2.69. The molecular formula is C18H18N2O3. The largest absolute Gasteiger partial charge is 0.478 e. The van der Waals surface area contributed by atoms with Crippen LogP contribution in [0.1, 0.15) is 50.9 Å². The smallest absolute Gasteiger partial charge is 0.337 e. The Morgan fingerprint density at radius 2 is 1.83 bits per heavy atom. The fourth-order valence-electron chi connectivity index (χ4n) is 2.91. The summed E-state index contributed by atoms with van der Waals surface area (Å²) in [6.45, 7) is 1.59. The first kappa shape index (κ1) is 15.2. The molecule has 3 rings (SSSR count). The minimum absolute atomic E-state index is 0.120. The number of hydrogen-bond acceptors (Lipinski definition) is 3. The number of hydrogen-bond donors (Lipinski definition) is 2. The lowest BCUT2D eigenvalue weighted by molar-refractivity contribution is 0.0694. The normalized spacial score (nSPS) is 19.7. The fourth-order valence-corrected chi connectivity index (χ4v) is 2.91. The second-order valence-corrected chi connectivity index (χ2v) is 5.88. The lowest BCUT2D eigenvalue weighted by Crippen LogP contribution is -2.43. The summed E-state index contributed by atoms with van der Waals surface area (Å²) in [4.78, 5) is 27.3. The van der Waals surface area contributed by atoms with Crippen LogP contribution in [0, 0.1) is 6.92 Å². The Morgan fingerprint density at radius 3 is 2.43 bits per heavy atom. The molecule has 0 bridgehead atoms. The van der Waals surface area contributed by atoms with Crippen LogP contribution in [0.4, 0.5) is 0 Å². The van der Waals surface area contributed by atoms with Crippen LogP contribution in [0.25, 0.3) is 0 Å². The molecule has 2 N–H and O–H groups in total. The molecule has 0 unspecified atom stereocenters. The van der Waals surface area contributed by atoms with Crippen LogP contribution in [-0.2, 0) is 0 Å². The number of benzene rings is 1. The molecule has 0 saturated heterocycles. The van der Waals surface area contributed by atoms with E-state index < -0.39 is 5.97 Å². The maximum atomic E-state index is 12.2. The van der Waals surface area contributed by atoms with Crippen molar-refractivity contribution in [2.24, 2.45) is 0 Å². The number of aromatic carboxylic acids is 1. The SMILES string of the molecule is Cc1nc(C(=O)NC2CC(c3ccccc3)C2)ccc1C(=O)O. The van der Waals surface area contributed by atoms with E-state index in [1.807, 2.05) is 18.2 Å². The van der Waals surface area contributed by atoms with Gasteiger partial charge in [0.1, 0.15) is 5.69 Å². The third-order valence-electron chi connectivity index (χ3n) is 4.29. The topological polar surface area (TPSA) is 79.3 Å². The van der Waals surface area contributed by atoms with Crippen molar-refractivity contribution in [3.8, 4) is 0 Å². The quantitative estimate of drug-likeness (QED) is 0.910. The first-order chi connectivity index (χ1) is 11.0. The van der Waals surface area contributed by atoms with E-state index in [0.717, 1.165) is 12.8 Å². The average Bonchev–Trinajstić information content (AvgIpc) is 2.50. The van der Waals surface area contributed by atoms with Gasteiger partial charge in [-0.15, -0.1) is 0 Å². The van der Waals surface area contributed by atoms with Crippen LogP contribution in [0.2, 0.25) is 0 Å². The van der Waals surface area contributed by atoms with Crippen LogP contribution < -0.4 is 5.32 Å². The molecule has 1 amide bonds. The second-order valence-electron chi connectivity index (χ2n) is 5.88. The first-order valence-corrected chi connectivity index (χ1v) is 7.61. The number of carboxylic acid groups (broad SMARTS) is 1. The number of nitrogens with zero attached hydrogens (tertiary/aromatic N) is 1. The van der Waals surface area contributed by atoms with Crippen LogP contribution in [0.5, 0.6) is 0 Å². The van der Waals surface area contributed by atoms with Gasteiger partial charge in [-0.1, -0.05) is 30.3 Å². The minimum atomic E-state index is -1.04. The Balaban J connectivity index is 1.59. The zero-order valence-electron chi connectivity index (χ0n) is 12.8. The predicted molar refractivity (Wildman–Crippen MR) is 85.6 cm³/mol. The van der Waals surface area contributed by atoms with Crippen molar-refractivity contribution in [2.75, 3.05) is 0 Å². The van der Waals surface area contributed by atoms with Crippen molar-refractivity contribution in [1.29, 1.82) is 0 Å². The van der Waals surface area contributed by atoms with Crippen molar-refractivity contribution < 1.29 is 14.7 Å². The summed E-state index contributed by atoms with van der Waals surface area (Å²) in [6, 6.07) is 13.3. The molecular weight excluding hydrogens is 292 g/mol. The number of aromatic nitrogens is 1. The van der Waals surface area contributed by atoms with Gasteiger partial charge in [0.15, 0.2) is 0 Å². The number of amides is 1. The van der Waals surface area contributed by atoms with Crippen molar-refractivity contribution >= 4 is 11.9 Å². The van der Waals surface area contributed by atoms with E-state index in [9.17, 15) is 9.59 Å². The van der Waals surface area contributed by atoms with Crippen LogP contribution >= 0.6 is 0 Å². The Kier molecular flexibility index (Phi) is 4.10. The number of nitrogens with one attached hydrogen (secondary N) is 1. The van der Waals surface area contributed by atoms with Gasteiger partial charge in [0.25, 0.3) is 5.91 Å². The maximum Gasteiger partial charge on any atom is 0.337 e. The lowest BCUT2D eigenvalue weighted by Gasteiger charge is -2.36. The number of rotatable bonds is 4. The predicted octanol–water partition coefficient (Wildman–Crippen LogP) is 2.76. The highest BCUT2D eigenvalue weighted by atomic mass is 16.4. The van der Waals surface area contributed by atoms with Crippen LogP contribution in [-0.4, -0.2) is 28.0 Å². The van der Waals surface area contributed by atoms with Gasteiger partial charge in [0.05, 0.1) is 11.3 Å². The maximum absolute atomic E-state index is 12.2. The van der Waals surface area contributed by atoms with E-state index in [4.69, 9.17) is 5.11 Å². The fraction of sp³-hybridized carbons (Fsp3) is 0.278. The third-order valence-corrected chi connectivity index (χ3v) is 4.29. The van der Waals surface area contributed by atoms with E-state index in [1.54, 1.807) is 6.92 Å². The van der Waals surface area contributed by atoms with Crippen molar-refractivity contribution in [1.82, 2.24) is 10.3 Å². The second kappa shape index (κ2) is 6.20. The van der Waals surface area contributed by atoms with E-state index in [-0.39, 0.29) is 23.2 Å². The van der Waals surface area contributed by atoms with Gasteiger partial charge in [-0.05, 0) is 43.4 Å². The van der Waals surface area contributed by atoms with Gasteiger partial charge in [0.2, 0.25) is 0 Å². The molecule has 2 aromatic rings. The number of carbonyl (C=O) groups is 2. The summed E-state index contributed by atoms with van der Waals surface area (Å²) in [7, 11) is 0. The van der Waals surface area contributed by atoms with Crippen LogP contribution in [0.15, 0.2) is 42.5 Å². The highest BCUT2D eigenvalue weighted by molar-refractivity contribution is 5.94. The summed E-state index contributed by atoms with van der Waals surface area (Å²) in [5.41, 5.74) is 2.03. The first-order valence-electron chi connectivity index (χ1n) is 7.61. The summed E-state index contributed by atoms with van der Waals surface area (Å²) in [6.07, 6.45) is 1.84. The van der Waals surface area contributed by atoms with Gasteiger partial charge in [-0.25, -0.2) is 9.78 Å². The van der Waals surface area contributed by atoms with Gasteiger partial charge >= 0.3 is 5.97 Å². The molecule has 1 saturated carbocycles. The van der Waals surface area contributed by atoms with Crippen molar-refractivity contribution in [3.63, 3.8) is 0 Å². The highest BCUT2D eigenvalue weighted by Gasteiger charge is 2.31. The monoisotopic (exact) mass is 310 g/mol. The van der Waals surface area contributed by atoms with E-state index in [2.05, 4.69) is 22.4 Å². The summed E-state index contributed by atoms with van der Waals surface area (Å²) in [5, 5.41) is 11.9. The van der Waals surface area contributed by atoms with Gasteiger partial charge in [-0.3, -0.25) is 4.79 Å². The molecule has 1 aromatic heterocycles. The Bertz CT molecular complexity index is 737. The van der Waals surface area contributed by atoms with Gasteiger partial charge in [0, 0.05) is 6.04 Å². The molecule has 0 radical (unpaired) electrons. The number of aryl methyl sites for hydroxylation is 1. The van der Waals surface area contributed by atoms with E-state index in [1.165, 1.54) is 17.7 Å². The van der Waals surface area contributed by atoms with E-state index in [0.29, 0.717) is 11.6 Å². The zero-order chi connectivity index (χ0) is 16.4. The summed E-state index contributed by atoms with van der Waals surface area (Å²) >= 11 is 0.